The van der Waals surface area contributed by atoms with Gasteiger partial charge >= 0.3 is 0 Å². The summed E-state index contributed by atoms with van der Waals surface area (Å²) in [6, 6.07) is 0. The van der Waals surface area contributed by atoms with Gasteiger partial charge in [0.2, 0.25) is 5.91 Å². The lowest BCUT2D eigenvalue weighted by Crippen LogP contribution is -2.52. The first-order valence-electron chi connectivity index (χ1n) is 8.21. The van der Waals surface area contributed by atoms with Crippen LogP contribution in [0, 0.1) is 23.2 Å². The van der Waals surface area contributed by atoms with Crippen molar-refractivity contribution in [3.05, 3.63) is 0 Å². The van der Waals surface area contributed by atoms with Crippen LogP contribution in [0.1, 0.15) is 58.8 Å². The Hall–Kier alpha value is -0.570. The Labute approximate surface area is 122 Å². The molecule has 4 fully saturated rings. The highest BCUT2D eigenvalue weighted by Crippen LogP contribution is 2.61. The van der Waals surface area contributed by atoms with E-state index < -0.39 is 5.54 Å². The van der Waals surface area contributed by atoms with Crippen molar-refractivity contribution in [2.75, 3.05) is 13.7 Å². The lowest BCUT2D eigenvalue weighted by Gasteiger charge is -2.57. The average Bonchev–Trinajstić information content (AvgIpc) is 2.35. The van der Waals surface area contributed by atoms with Gasteiger partial charge in [-0.25, -0.2) is 0 Å². The predicted octanol–water partition coefficient (Wildman–Crippen LogP) is 2.82. The molecule has 0 spiro atoms. The first-order chi connectivity index (χ1) is 9.33. The van der Waals surface area contributed by atoms with Gasteiger partial charge < -0.3 is 10.0 Å². The fraction of sp³-hybridized carbons (Fsp3) is 0.941. The molecule has 20 heavy (non-hydrogen) atoms. The van der Waals surface area contributed by atoms with E-state index in [2.05, 4.69) is 0 Å². The second kappa shape index (κ2) is 4.72. The van der Waals surface area contributed by atoms with Crippen LogP contribution in [0.5, 0.6) is 0 Å². The Kier molecular flexibility index (Phi) is 3.39. The number of aliphatic hydroxyl groups excluding tert-OH is 1. The van der Waals surface area contributed by atoms with Crippen LogP contribution in [0.4, 0.5) is 0 Å². The van der Waals surface area contributed by atoms with Crippen LogP contribution in [-0.2, 0) is 4.79 Å². The first-order valence-corrected chi connectivity index (χ1v) is 8.21. The molecule has 0 aromatic carbocycles. The number of rotatable bonds is 4. The summed E-state index contributed by atoms with van der Waals surface area (Å²) in [5.74, 6) is 2.91. The maximum absolute atomic E-state index is 12.6. The number of nitrogens with zero attached hydrogens (tertiary/aromatic N) is 1. The van der Waals surface area contributed by atoms with Gasteiger partial charge in [-0.15, -0.1) is 0 Å². The monoisotopic (exact) mass is 279 g/mol. The number of carbonyl (C=O) groups is 1. The van der Waals surface area contributed by atoms with Crippen LogP contribution in [0.25, 0.3) is 0 Å². The Morgan fingerprint density at radius 2 is 1.60 bits per heavy atom. The molecule has 0 aliphatic heterocycles. The van der Waals surface area contributed by atoms with Gasteiger partial charge in [-0.1, -0.05) is 0 Å². The molecule has 0 aromatic heterocycles. The largest absolute Gasteiger partial charge is 0.394 e. The Morgan fingerprint density at radius 1 is 1.15 bits per heavy atom. The van der Waals surface area contributed by atoms with Gasteiger partial charge in [0.05, 0.1) is 12.1 Å². The highest BCUT2D eigenvalue weighted by atomic mass is 16.3. The lowest BCUT2D eigenvalue weighted by molar-refractivity contribution is -0.144. The number of amides is 1. The zero-order valence-corrected chi connectivity index (χ0v) is 13.2. The molecule has 0 saturated heterocycles. The maximum atomic E-state index is 12.6. The minimum absolute atomic E-state index is 0.0239. The number of hydrogen-bond donors (Lipinski definition) is 1. The van der Waals surface area contributed by atoms with Crippen molar-refractivity contribution in [1.82, 2.24) is 4.90 Å². The van der Waals surface area contributed by atoms with E-state index >= 15 is 0 Å². The normalized spacial score (nSPS) is 39.1. The minimum Gasteiger partial charge on any atom is -0.394 e. The second-order valence-corrected chi connectivity index (χ2v) is 8.52. The molecule has 4 rings (SSSR count). The molecule has 0 heterocycles. The van der Waals surface area contributed by atoms with Crippen molar-refractivity contribution in [3.63, 3.8) is 0 Å². The average molecular weight is 279 g/mol. The van der Waals surface area contributed by atoms with Crippen LogP contribution in [0.15, 0.2) is 0 Å². The van der Waals surface area contributed by atoms with Crippen molar-refractivity contribution in [3.8, 4) is 0 Å². The maximum Gasteiger partial charge on any atom is 0.223 e. The van der Waals surface area contributed by atoms with Gasteiger partial charge in [-0.3, -0.25) is 4.79 Å². The summed E-state index contributed by atoms with van der Waals surface area (Å²) in [7, 11) is 1.85. The van der Waals surface area contributed by atoms with Crippen LogP contribution < -0.4 is 0 Å². The molecule has 3 nitrogen and oxygen atoms in total. The molecule has 4 aliphatic rings. The molecule has 0 aromatic rings. The van der Waals surface area contributed by atoms with Crippen molar-refractivity contribution in [2.24, 2.45) is 23.2 Å². The summed E-state index contributed by atoms with van der Waals surface area (Å²) < 4.78 is 0. The van der Waals surface area contributed by atoms with E-state index in [9.17, 15) is 9.90 Å². The molecular formula is C17H29NO2. The van der Waals surface area contributed by atoms with Gasteiger partial charge in [-0.05, 0) is 75.5 Å². The fourth-order valence-electron chi connectivity index (χ4n) is 5.39. The number of likely N-dealkylation sites (N-methyl/N-ethyl adjacent to an activating group) is 1. The van der Waals surface area contributed by atoms with E-state index in [1.165, 1.54) is 38.5 Å². The molecule has 1 N–H and O–H groups in total. The van der Waals surface area contributed by atoms with Crippen LogP contribution in [0.3, 0.4) is 0 Å². The molecule has 0 unspecified atom stereocenters. The molecule has 3 heteroatoms. The Morgan fingerprint density at radius 3 is 2.00 bits per heavy atom. The minimum atomic E-state index is -0.445. The van der Waals surface area contributed by atoms with Crippen LogP contribution >= 0.6 is 0 Å². The second-order valence-electron chi connectivity index (χ2n) is 8.52. The van der Waals surface area contributed by atoms with Crippen LogP contribution in [0.2, 0.25) is 0 Å². The standard InChI is InChI=1S/C17H29NO2/c1-16(2,11-19)18(3)15(20)10-17-7-12-4-13(8-17)6-14(5-12)9-17/h12-14,19H,4-11H2,1-3H3. The van der Waals surface area contributed by atoms with Gasteiger partial charge in [-0.2, -0.15) is 0 Å². The fourth-order valence-corrected chi connectivity index (χ4v) is 5.39. The molecule has 4 aliphatic carbocycles. The van der Waals surface area contributed by atoms with Crippen molar-refractivity contribution >= 4 is 5.91 Å². The molecule has 0 atom stereocenters. The Balaban J connectivity index is 1.70. The third-order valence-corrected chi connectivity index (χ3v) is 6.36. The third-order valence-electron chi connectivity index (χ3n) is 6.36. The highest BCUT2D eigenvalue weighted by Gasteiger charge is 2.51. The quantitative estimate of drug-likeness (QED) is 0.859. The summed E-state index contributed by atoms with van der Waals surface area (Å²) >= 11 is 0. The van der Waals surface area contributed by atoms with E-state index in [1.807, 2.05) is 20.9 Å². The summed E-state index contributed by atoms with van der Waals surface area (Å²) in [6.07, 6.45) is 8.80. The molecule has 114 valence electrons. The van der Waals surface area contributed by atoms with E-state index in [1.54, 1.807) is 4.90 Å². The zero-order chi connectivity index (χ0) is 14.5. The molecule has 4 bridgehead atoms. The van der Waals surface area contributed by atoms with Crippen molar-refractivity contribution in [1.29, 1.82) is 0 Å². The molecule has 4 saturated carbocycles. The highest BCUT2D eigenvalue weighted by molar-refractivity contribution is 5.77. The molecule has 0 radical (unpaired) electrons. The van der Waals surface area contributed by atoms with Crippen molar-refractivity contribution in [2.45, 2.75) is 64.3 Å². The third kappa shape index (κ3) is 2.38. The van der Waals surface area contributed by atoms with E-state index in [-0.39, 0.29) is 12.5 Å². The summed E-state index contributed by atoms with van der Waals surface area (Å²) in [4.78, 5) is 14.4. The van der Waals surface area contributed by atoms with Gasteiger partial charge in [0.15, 0.2) is 0 Å². The van der Waals surface area contributed by atoms with Crippen LogP contribution in [-0.4, -0.2) is 35.1 Å². The predicted molar refractivity (Wildman–Crippen MR) is 79.2 cm³/mol. The van der Waals surface area contributed by atoms with Gasteiger partial charge in [0, 0.05) is 13.5 Å². The smallest absolute Gasteiger partial charge is 0.223 e. The Bertz CT molecular complexity index is 367. The number of carbonyl (C=O) groups excluding carboxylic acids is 1. The molecular weight excluding hydrogens is 250 g/mol. The number of aliphatic hydroxyl groups is 1. The van der Waals surface area contributed by atoms with E-state index in [0.29, 0.717) is 11.8 Å². The summed E-state index contributed by atoms with van der Waals surface area (Å²) in [5.41, 5.74) is -0.148. The topological polar surface area (TPSA) is 40.5 Å². The van der Waals surface area contributed by atoms with Gasteiger partial charge in [0.1, 0.15) is 0 Å². The van der Waals surface area contributed by atoms with Gasteiger partial charge in [0.25, 0.3) is 0 Å². The van der Waals surface area contributed by atoms with E-state index in [4.69, 9.17) is 0 Å². The lowest BCUT2D eigenvalue weighted by atomic mass is 9.49. The molecule has 1 amide bonds. The summed E-state index contributed by atoms with van der Waals surface area (Å²) in [6.45, 7) is 3.89. The van der Waals surface area contributed by atoms with E-state index in [0.717, 1.165) is 17.8 Å². The summed E-state index contributed by atoms with van der Waals surface area (Å²) in [5, 5.41) is 9.45. The number of hydrogen-bond acceptors (Lipinski definition) is 2. The SMILES string of the molecule is CN(C(=O)CC12CC3CC(CC(C3)C1)C2)C(C)(C)CO. The zero-order valence-electron chi connectivity index (χ0n) is 13.2. The van der Waals surface area contributed by atoms with Crippen molar-refractivity contribution < 1.29 is 9.90 Å². The first kappa shape index (κ1) is 14.4.